The highest BCUT2D eigenvalue weighted by molar-refractivity contribution is 6.30. The fraction of sp³-hybridized carbons (Fsp3) is 0.208. The molecule has 1 aliphatic rings. The Kier molecular flexibility index (Phi) is 4.44. The van der Waals surface area contributed by atoms with Gasteiger partial charge in [0.2, 0.25) is 0 Å². The average Bonchev–Trinajstić information content (AvgIpc) is 3.52. The van der Waals surface area contributed by atoms with E-state index in [0.717, 1.165) is 16.8 Å². The SMILES string of the molecule is Cn1c(C2CC2)cc2ccc(-n3ccc(OCc4ccc(Cl)cc4)cc3=O)cc21. The summed E-state index contributed by atoms with van der Waals surface area (Å²) in [6.45, 7) is 0.389. The number of benzene rings is 2. The van der Waals surface area contributed by atoms with Crippen molar-refractivity contribution in [2.45, 2.75) is 25.4 Å². The molecular weight excluding hydrogens is 384 g/mol. The monoisotopic (exact) mass is 404 g/mol. The van der Waals surface area contributed by atoms with Gasteiger partial charge in [0.05, 0.1) is 11.2 Å². The molecule has 2 aromatic heterocycles. The summed E-state index contributed by atoms with van der Waals surface area (Å²) in [5.74, 6) is 1.24. The van der Waals surface area contributed by atoms with Gasteiger partial charge in [-0.05, 0) is 60.7 Å². The molecule has 0 amide bonds. The molecule has 2 heterocycles. The van der Waals surface area contributed by atoms with Crippen molar-refractivity contribution in [3.8, 4) is 11.4 Å². The topological polar surface area (TPSA) is 36.2 Å². The molecule has 1 fully saturated rings. The summed E-state index contributed by atoms with van der Waals surface area (Å²) < 4.78 is 9.68. The summed E-state index contributed by atoms with van der Waals surface area (Å²) >= 11 is 5.90. The van der Waals surface area contributed by atoms with E-state index in [-0.39, 0.29) is 5.56 Å². The van der Waals surface area contributed by atoms with E-state index in [1.807, 2.05) is 36.4 Å². The second-order valence-electron chi connectivity index (χ2n) is 7.63. The van der Waals surface area contributed by atoms with Crippen molar-refractivity contribution >= 4 is 22.5 Å². The van der Waals surface area contributed by atoms with Crippen LogP contribution >= 0.6 is 11.6 Å². The predicted octanol–water partition coefficient (Wildman–Crippen LogP) is 5.44. The molecule has 4 aromatic rings. The predicted molar refractivity (Wildman–Crippen MR) is 116 cm³/mol. The van der Waals surface area contributed by atoms with Gasteiger partial charge in [0.1, 0.15) is 12.4 Å². The van der Waals surface area contributed by atoms with Crippen molar-refractivity contribution in [1.82, 2.24) is 9.13 Å². The number of hydrogen-bond donors (Lipinski definition) is 0. The van der Waals surface area contributed by atoms with Gasteiger partial charge in [0, 0.05) is 35.4 Å². The number of aryl methyl sites for hydroxylation is 1. The number of hydrogen-bond acceptors (Lipinski definition) is 2. The van der Waals surface area contributed by atoms with Crippen LogP contribution < -0.4 is 10.3 Å². The molecule has 5 heteroatoms. The van der Waals surface area contributed by atoms with Gasteiger partial charge in [0.25, 0.3) is 5.56 Å². The molecule has 0 spiro atoms. The molecule has 0 atom stereocenters. The van der Waals surface area contributed by atoms with Crippen LogP contribution in [0.3, 0.4) is 0 Å². The highest BCUT2D eigenvalue weighted by Crippen LogP contribution is 2.42. The Labute approximate surface area is 173 Å². The minimum atomic E-state index is -0.116. The zero-order valence-corrected chi connectivity index (χ0v) is 16.9. The second kappa shape index (κ2) is 7.12. The summed E-state index contributed by atoms with van der Waals surface area (Å²) in [6.07, 6.45) is 4.31. The van der Waals surface area contributed by atoms with Crippen LogP contribution in [0, 0.1) is 0 Å². The third-order valence-corrected chi connectivity index (χ3v) is 5.80. The molecule has 0 radical (unpaired) electrons. The number of pyridine rings is 1. The van der Waals surface area contributed by atoms with E-state index in [4.69, 9.17) is 16.3 Å². The lowest BCUT2D eigenvalue weighted by molar-refractivity contribution is 0.305. The number of ether oxygens (including phenoxy) is 1. The van der Waals surface area contributed by atoms with Gasteiger partial charge in [-0.25, -0.2) is 0 Å². The van der Waals surface area contributed by atoms with Crippen molar-refractivity contribution in [2.24, 2.45) is 7.05 Å². The highest BCUT2D eigenvalue weighted by Gasteiger charge is 2.26. The summed E-state index contributed by atoms with van der Waals surface area (Å²) in [6, 6.07) is 19.3. The van der Waals surface area contributed by atoms with Crippen LogP contribution in [0.4, 0.5) is 0 Å². The largest absolute Gasteiger partial charge is 0.489 e. The van der Waals surface area contributed by atoms with Gasteiger partial charge in [-0.3, -0.25) is 9.36 Å². The minimum absolute atomic E-state index is 0.116. The molecule has 2 aromatic carbocycles. The maximum atomic E-state index is 12.7. The summed E-state index contributed by atoms with van der Waals surface area (Å²) in [4.78, 5) is 12.7. The van der Waals surface area contributed by atoms with Crippen LogP contribution in [0.5, 0.6) is 5.75 Å². The highest BCUT2D eigenvalue weighted by atomic mass is 35.5. The van der Waals surface area contributed by atoms with E-state index in [1.54, 1.807) is 10.8 Å². The molecule has 0 N–H and O–H groups in total. The van der Waals surface area contributed by atoms with Gasteiger partial charge in [0.15, 0.2) is 0 Å². The molecule has 29 heavy (non-hydrogen) atoms. The van der Waals surface area contributed by atoms with Crippen LogP contribution in [0.2, 0.25) is 5.02 Å². The number of nitrogens with zero attached hydrogens (tertiary/aromatic N) is 2. The maximum Gasteiger partial charge on any atom is 0.258 e. The number of aromatic nitrogens is 2. The van der Waals surface area contributed by atoms with E-state index in [0.29, 0.717) is 23.3 Å². The lowest BCUT2D eigenvalue weighted by Gasteiger charge is -2.10. The molecule has 0 saturated heterocycles. The standard InChI is InChI=1S/C24H21ClN2O2/c1-26-22(17-4-5-17)12-18-6-9-20(13-23(18)26)27-11-10-21(14-24(27)28)29-15-16-2-7-19(25)8-3-16/h2-3,6-14,17H,4-5,15H2,1H3. The molecule has 5 rings (SSSR count). The lowest BCUT2D eigenvalue weighted by Crippen LogP contribution is -2.16. The van der Waals surface area contributed by atoms with E-state index < -0.39 is 0 Å². The van der Waals surface area contributed by atoms with Crippen LogP contribution in [0.25, 0.3) is 16.6 Å². The van der Waals surface area contributed by atoms with Crippen LogP contribution in [-0.2, 0) is 13.7 Å². The van der Waals surface area contributed by atoms with Gasteiger partial charge in [-0.1, -0.05) is 29.8 Å². The first kappa shape index (κ1) is 18.1. The Hall–Kier alpha value is -2.98. The quantitative estimate of drug-likeness (QED) is 0.444. The minimum Gasteiger partial charge on any atom is -0.489 e. The van der Waals surface area contributed by atoms with Gasteiger partial charge < -0.3 is 9.30 Å². The van der Waals surface area contributed by atoms with Gasteiger partial charge in [-0.2, -0.15) is 0 Å². The first-order valence-electron chi connectivity index (χ1n) is 9.78. The molecule has 0 aliphatic heterocycles. The average molecular weight is 405 g/mol. The maximum absolute atomic E-state index is 12.7. The molecule has 4 nitrogen and oxygen atoms in total. The van der Waals surface area contributed by atoms with Crippen LogP contribution in [0.15, 0.2) is 71.7 Å². The summed E-state index contributed by atoms with van der Waals surface area (Å²) in [5, 5.41) is 1.91. The van der Waals surface area contributed by atoms with Gasteiger partial charge in [-0.15, -0.1) is 0 Å². The van der Waals surface area contributed by atoms with E-state index >= 15 is 0 Å². The zero-order chi connectivity index (χ0) is 20.0. The fourth-order valence-corrected chi connectivity index (χ4v) is 3.90. The van der Waals surface area contributed by atoms with Crippen molar-refractivity contribution in [3.05, 3.63) is 93.5 Å². The summed E-state index contributed by atoms with van der Waals surface area (Å²) in [5.41, 5.74) is 4.28. The molecule has 1 saturated carbocycles. The zero-order valence-electron chi connectivity index (χ0n) is 16.1. The van der Waals surface area contributed by atoms with Crippen molar-refractivity contribution < 1.29 is 4.74 Å². The van der Waals surface area contributed by atoms with Crippen molar-refractivity contribution in [1.29, 1.82) is 0 Å². The Morgan fingerprint density at radius 2 is 1.83 bits per heavy atom. The first-order valence-corrected chi connectivity index (χ1v) is 10.2. The van der Waals surface area contributed by atoms with E-state index in [9.17, 15) is 4.79 Å². The third-order valence-electron chi connectivity index (χ3n) is 5.55. The fourth-order valence-electron chi connectivity index (χ4n) is 3.77. The smallest absolute Gasteiger partial charge is 0.258 e. The Morgan fingerprint density at radius 1 is 1.03 bits per heavy atom. The second-order valence-corrected chi connectivity index (χ2v) is 8.07. The third kappa shape index (κ3) is 3.56. The molecule has 0 unspecified atom stereocenters. The van der Waals surface area contributed by atoms with E-state index in [1.165, 1.54) is 30.0 Å². The number of halogens is 1. The number of fused-ring (bicyclic) bond motifs is 1. The normalized spacial score (nSPS) is 13.7. The molecular formula is C24H21ClN2O2. The first-order chi connectivity index (χ1) is 14.1. The van der Waals surface area contributed by atoms with Crippen LogP contribution in [0.1, 0.15) is 30.0 Å². The summed E-state index contributed by atoms with van der Waals surface area (Å²) in [7, 11) is 2.11. The van der Waals surface area contributed by atoms with E-state index in [2.05, 4.69) is 29.8 Å². The Morgan fingerprint density at radius 3 is 2.55 bits per heavy atom. The lowest BCUT2D eigenvalue weighted by atomic mass is 10.2. The number of rotatable bonds is 5. The molecule has 146 valence electrons. The Balaban J connectivity index is 1.40. The molecule has 1 aliphatic carbocycles. The van der Waals surface area contributed by atoms with Gasteiger partial charge >= 0.3 is 0 Å². The van der Waals surface area contributed by atoms with Crippen LogP contribution in [-0.4, -0.2) is 9.13 Å². The van der Waals surface area contributed by atoms with Crippen molar-refractivity contribution in [3.63, 3.8) is 0 Å². The Bertz CT molecular complexity index is 1250. The van der Waals surface area contributed by atoms with Crippen molar-refractivity contribution in [2.75, 3.05) is 0 Å². The molecule has 0 bridgehead atoms.